The van der Waals surface area contributed by atoms with Crippen molar-refractivity contribution in [2.24, 2.45) is 7.05 Å². The zero-order valence-corrected chi connectivity index (χ0v) is 12.1. The number of hydrogen-bond acceptors (Lipinski definition) is 3. The van der Waals surface area contributed by atoms with Crippen molar-refractivity contribution in [2.75, 3.05) is 6.61 Å². The molecule has 5 heteroatoms. The molecule has 0 radical (unpaired) electrons. The Morgan fingerprint density at radius 2 is 2.17 bits per heavy atom. The van der Waals surface area contributed by atoms with Crippen molar-refractivity contribution in [3.63, 3.8) is 0 Å². The van der Waals surface area contributed by atoms with Gasteiger partial charge in [-0.2, -0.15) is 0 Å². The summed E-state index contributed by atoms with van der Waals surface area (Å²) in [5.41, 5.74) is 2.28. The summed E-state index contributed by atoms with van der Waals surface area (Å²) >= 11 is 3.52. The van der Waals surface area contributed by atoms with E-state index in [0.29, 0.717) is 6.61 Å². The molecule has 4 nitrogen and oxygen atoms in total. The average Bonchev–Trinajstić information content (AvgIpc) is 2.76. The number of rotatable bonds is 5. The van der Waals surface area contributed by atoms with E-state index in [9.17, 15) is 0 Å². The lowest BCUT2D eigenvalue weighted by atomic mass is 10.1. The van der Waals surface area contributed by atoms with Crippen molar-refractivity contribution >= 4 is 15.9 Å². The van der Waals surface area contributed by atoms with Crippen LogP contribution in [0.25, 0.3) is 0 Å². The van der Waals surface area contributed by atoms with Gasteiger partial charge in [0.15, 0.2) is 0 Å². The van der Waals surface area contributed by atoms with E-state index in [0.717, 1.165) is 28.8 Å². The molecule has 0 spiro atoms. The van der Waals surface area contributed by atoms with Crippen molar-refractivity contribution in [1.82, 2.24) is 15.0 Å². The van der Waals surface area contributed by atoms with E-state index < -0.39 is 0 Å². The van der Waals surface area contributed by atoms with Gasteiger partial charge in [0.2, 0.25) is 0 Å². The normalized spacial score (nSPS) is 10.6. The molecule has 0 saturated carbocycles. The van der Waals surface area contributed by atoms with Crippen molar-refractivity contribution in [3.8, 4) is 5.75 Å². The van der Waals surface area contributed by atoms with Gasteiger partial charge in [0.25, 0.3) is 0 Å². The number of aryl methyl sites for hydroxylation is 3. The zero-order valence-electron chi connectivity index (χ0n) is 10.6. The molecule has 2 aromatic rings. The molecule has 1 aromatic heterocycles. The molecule has 0 unspecified atom stereocenters. The van der Waals surface area contributed by atoms with Gasteiger partial charge in [-0.1, -0.05) is 11.3 Å². The van der Waals surface area contributed by atoms with Gasteiger partial charge in [-0.3, -0.25) is 4.68 Å². The van der Waals surface area contributed by atoms with Gasteiger partial charge in [-0.15, -0.1) is 5.10 Å². The Morgan fingerprint density at radius 1 is 1.33 bits per heavy atom. The van der Waals surface area contributed by atoms with Crippen LogP contribution in [0.5, 0.6) is 5.75 Å². The summed E-state index contributed by atoms with van der Waals surface area (Å²) < 4.78 is 8.21. The van der Waals surface area contributed by atoms with Gasteiger partial charge < -0.3 is 4.74 Å². The van der Waals surface area contributed by atoms with E-state index in [1.165, 1.54) is 5.56 Å². The number of nitrogens with zero attached hydrogens (tertiary/aromatic N) is 3. The van der Waals surface area contributed by atoms with Crippen LogP contribution in [0, 0.1) is 0 Å². The van der Waals surface area contributed by atoms with Crippen molar-refractivity contribution in [3.05, 3.63) is 40.1 Å². The second-order valence-electron chi connectivity index (χ2n) is 4.08. The second kappa shape index (κ2) is 6.00. The summed E-state index contributed by atoms with van der Waals surface area (Å²) in [7, 11) is 1.88. The van der Waals surface area contributed by atoms with Crippen LogP contribution in [0.15, 0.2) is 28.9 Å². The number of aromatic nitrogens is 3. The highest BCUT2D eigenvalue weighted by atomic mass is 79.9. The van der Waals surface area contributed by atoms with Crippen LogP contribution in [0.1, 0.15) is 18.2 Å². The third kappa shape index (κ3) is 3.32. The molecule has 0 N–H and O–H groups in total. The Balaban J connectivity index is 1.99. The number of benzene rings is 1. The molecule has 0 saturated heterocycles. The highest BCUT2D eigenvalue weighted by Crippen LogP contribution is 2.26. The molecule has 0 amide bonds. The number of hydrogen-bond donors (Lipinski definition) is 0. The Bertz CT molecular complexity index is 525. The average molecular weight is 310 g/mol. The minimum absolute atomic E-state index is 0.678. The standard InChI is InChI=1S/C13H16BrN3O/c1-3-18-13-7-5-10(8-12(13)14)4-6-11-9-17(2)16-15-11/h5,7-9H,3-4,6H2,1-2H3. The van der Waals surface area contributed by atoms with Crippen molar-refractivity contribution < 1.29 is 4.74 Å². The minimum Gasteiger partial charge on any atom is -0.493 e. The zero-order chi connectivity index (χ0) is 13.0. The van der Waals surface area contributed by atoms with E-state index >= 15 is 0 Å². The summed E-state index contributed by atoms with van der Waals surface area (Å²) in [4.78, 5) is 0. The molecule has 18 heavy (non-hydrogen) atoms. The minimum atomic E-state index is 0.678. The molecule has 96 valence electrons. The number of halogens is 1. The van der Waals surface area contributed by atoms with E-state index in [-0.39, 0.29) is 0 Å². The highest BCUT2D eigenvalue weighted by Gasteiger charge is 2.04. The van der Waals surface area contributed by atoms with E-state index in [2.05, 4.69) is 38.4 Å². The Hall–Kier alpha value is -1.36. The first-order valence-corrected chi connectivity index (χ1v) is 6.74. The van der Waals surface area contributed by atoms with Gasteiger partial charge in [0.05, 0.1) is 16.8 Å². The fraction of sp³-hybridized carbons (Fsp3) is 0.385. The first-order valence-electron chi connectivity index (χ1n) is 5.95. The van der Waals surface area contributed by atoms with E-state index in [1.807, 2.05) is 26.2 Å². The van der Waals surface area contributed by atoms with Gasteiger partial charge in [-0.05, 0) is 53.4 Å². The van der Waals surface area contributed by atoms with Crippen LogP contribution >= 0.6 is 15.9 Å². The topological polar surface area (TPSA) is 39.9 Å². The summed E-state index contributed by atoms with van der Waals surface area (Å²) in [6.07, 6.45) is 3.79. The maximum absolute atomic E-state index is 5.49. The SMILES string of the molecule is CCOc1ccc(CCc2cn(C)nn2)cc1Br. The maximum atomic E-state index is 5.49. The monoisotopic (exact) mass is 309 g/mol. The quantitative estimate of drug-likeness (QED) is 0.852. The first-order chi connectivity index (χ1) is 8.69. The number of ether oxygens (including phenoxy) is 1. The fourth-order valence-corrected chi connectivity index (χ4v) is 2.30. The Kier molecular flexibility index (Phi) is 4.36. The smallest absolute Gasteiger partial charge is 0.133 e. The maximum Gasteiger partial charge on any atom is 0.133 e. The predicted octanol–water partition coefficient (Wildman–Crippen LogP) is 2.76. The summed E-state index contributed by atoms with van der Waals surface area (Å²) in [5.74, 6) is 0.890. The summed E-state index contributed by atoms with van der Waals surface area (Å²) in [6.45, 7) is 2.66. The highest BCUT2D eigenvalue weighted by molar-refractivity contribution is 9.10. The molecule has 1 heterocycles. The molecule has 0 aliphatic heterocycles. The molecule has 0 atom stereocenters. The van der Waals surface area contributed by atoms with Crippen LogP contribution in [-0.2, 0) is 19.9 Å². The second-order valence-corrected chi connectivity index (χ2v) is 4.94. The summed E-state index contributed by atoms with van der Waals surface area (Å²) in [5, 5.41) is 8.00. The molecule has 2 rings (SSSR count). The lowest BCUT2D eigenvalue weighted by Crippen LogP contribution is -1.95. The molecule has 0 fully saturated rings. The van der Waals surface area contributed by atoms with Crippen LogP contribution in [0.3, 0.4) is 0 Å². The molecule has 0 bridgehead atoms. The lowest BCUT2D eigenvalue weighted by Gasteiger charge is -2.07. The van der Waals surface area contributed by atoms with Crippen LogP contribution in [0.4, 0.5) is 0 Å². The first kappa shape index (κ1) is 13.1. The van der Waals surface area contributed by atoms with Crippen molar-refractivity contribution in [1.29, 1.82) is 0 Å². The van der Waals surface area contributed by atoms with Gasteiger partial charge in [0.1, 0.15) is 5.75 Å². The van der Waals surface area contributed by atoms with E-state index in [1.54, 1.807) is 4.68 Å². The third-order valence-corrected chi connectivity index (χ3v) is 3.24. The van der Waals surface area contributed by atoms with Crippen LogP contribution < -0.4 is 4.74 Å². The molecular formula is C13H16BrN3O. The lowest BCUT2D eigenvalue weighted by molar-refractivity contribution is 0.338. The van der Waals surface area contributed by atoms with Gasteiger partial charge >= 0.3 is 0 Å². The molecule has 1 aromatic carbocycles. The molecular weight excluding hydrogens is 294 g/mol. The van der Waals surface area contributed by atoms with Crippen molar-refractivity contribution in [2.45, 2.75) is 19.8 Å². The van der Waals surface area contributed by atoms with E-state index in [4.69, 9.17) is 4.74 Å². The Morgan fingerprint density at radius 3 is 2.78 bits per heavy atom. The van der Waals surface area contributed by atoms with Crippen LogP contribution in [-0.4, -0.2) is 21.6 Å². The van der Waals surface area contributed by atoms with Gasteiger partial charge in [-0.25, -0.2) is 0 Å². The summed E-state index contributed by atoms with van der Waals surface area (Å²) in [6, 6.07) is 6.19. The third-order valence-electron chi connectivity index (χ3n) is 2.62. The van der Waals surface area contributed by atoms with Crippen LogP contribution in [0.2, 0.25) is 0 Å². The fourth-order valence-electron chi connectivity index (χ4n) is 1.75. The molecule has 0 aliphatic carbocycles. The largest absolute Gasteiger partial charge is 0.493 e. The predicted molar refractivity (Wildman–Crippen MR) is 73.7 cm³/mol. The van der Waals surface area contributed by atoms with Gasteiger partial charge in [0, 0.05) is 13.2 Å². The molecule has 0 aliphatic rings. The Labute approximate surface area is 115 Å².